The molecule has 1 fully saturated rings. The van der Waals surface area contributed by atoms with Crippen molar-refractivity contribution in [3.8, 4) is 0 Å². The molecule has 1 aliphatic rings. The van der Waals surface area contributed by atoms with Gasteiger partial charge in [-0.15, -0.1) is 0 Å². The average Bonchev–Trinajstić information content (AvgIpc) is 3.23. The molecule has 1 aliphatic carbocycles. The zero-order valence-electron chi connectivity index (χ0n) is 11.3. The molecule has 0 spiro atoms. The van der Waals surface area contributed by atoms with Crippen molar-refractivity contribution < 1.29 is 8.42 Å². The van der Waals surface area contributed by atoms with E-state index in [0.717, 1.165) is 18.4 Å². The Balaban J connectivity index is 1.97. The largest absolute Gasteiger partial charge is 0.329 e. The highest BCUT2D eigenvalue weighted by Crippen LogP contribution is 2.35. The summed E-state index contributed by atoms with van der Waals surface area (Å²) in [5.41, 5.74) is 6.76. The van der Waals surface area contributed by atoms with Gasteiger partial charge in [-0.1, -0.05) is 30.3 Å². The maximum atomic E-state index is 12.3. The van der Waals surface area contributed by atoms with Crippen LogP contribution < -0.4 is 5.73 Å². The monoisotopic (exact) mass is 282 g/mol. The Morgan fingerprint density at radius 2 is 1.95 bits per heavy atom. The van der Waals surface area contributed by atoms with Crippen molar-refractivity contribution in [2.24, 2.45) is 11.7 Å². The minimum absolute atomic E-state index is 0.0271. The van der Waals surface area contributed by atoms with Crippen LogP contribution in [0.4, 0.5) is 0 Å². The molecule has 1 atom stereocenters. The van der Waals surface area contributed by atoms with Crippen molar-refractivity contribution in [1.29, 1.82) is 0 Å². The van der Waals surface area contributed by atoms with E-state index in [4.69, 9.17) is 5.73 Å². The van der Waals surface area contributed by atoms with Gasteiger partial charge in [0, 0.05) is 19.6 Å². The van der Waals surface area contributed by atoms with E-state index in [0.29, 0.717) is 18.9 Å². The van der Waals surface area contributed by atoms with E-state index < -0.39 is 10.0 Å². The summed E-state index contributed by atoms with van der Waals surface area (Å²) < 4.78 is 26.1. The lowest BCUT2D eigenvalue weighted by Crippen LogP contribution is -2.44. The number of nitrogens with two attached hydrogens (primary N) is 1. The third-order valence-corrected chi connectivity index (χ3v) is 5.67. The number of rotatable bonds is 7. The van der Waals surface area contributed by atoms with Gasteiger partial charge in [0.15, 0.2) is 0 Å². The van der Waals surface area contributed by atoms with Gasteiger partial charge < -0.3 is 5.73 Å². The van der Waals surface area contributed by atoms with Crippen LogP contribution in [0.3, 0.4) is 0 Å². The highest BCUT2D eigenvalue weighted by molar-refractivity contribution is 7.89. The fraction of sp³-hybridized carbons (Fsp3) is 0.571. The van der Waals surface area contributed by atoms with Crippen molar-refractivity contribution in [2.45, 2.75) is 25.3 Å². The predicted molar refractivity (Wildman–Crippen MR) is 77.3 cm³/mol. The third kappa shape index (κ3) is 3.78. The Morgan fingerprint density at radius 1 is 1.32 bits per heavy atom. The van der Waals surface area contributed by atoms with E-state index in [9.17, 15) is 8.42 Å². The first kappa shape index (κ1) is 14.5. The van der Waals surface area contributed by atoms with E-state index >= 15 is 0 Å². The van der Waals surface area contributed by atoms with Crippen molar-refractivity contribution in [3.63, 3.8) is 0 Å². The van der Waals surface area contributed by atoms with E-state index in [-0.39, 0.29) is 11.8 Å². The number of aryl methyl sites for hydroxylation is 1. The minimum atomic E-state index is -3.22. The maximum absolute atomic E-state index is 12.3. The lowest BCUT2D eigenvalue weighted by atomic mass is 10.2. The maximum Gasteiger partial charge on any atom is 0.214 e. The molecular formula is C14H22N2O2S. The summed E-state index contributed by atoms with van der Waals surface area (Å²) in [6.45, 7) is 0.408. The van der Waals surface area contributed by atoms with Crippen LogP contribution in [-0.2, 0) is 16.4 Å². The lowest BCUT2D eigenvalue weighted by molar-refractivity contribution is 0.340. The highest BCUT2D eigenvalue weighted by Gasteiger charge is 2.37. The first-order chi connectivity index (χ1) is 9.04. The van der Waals surface area contributed by atoms with Crippen LogP contribution in [0.2, 0.25) is 0 Å². The van der Waals surface area contributed by atoms with Gasteiger partial charge >= 0.3 is 0 Å². The summed E-state index contributed by atoms with van der Waals surface area (Å²) in [5.74, 6) is 0.609. The molecule has 5 heteroatoms. The second kappa shape index (κ2) is 6.03. The molecular weight excluding hydrogens is 260 g/mol. The zero-order chi connectivity index (χ0) is 13.9. The van der Waals surface area contributed by atoms with Crippen molar-refractivity contribution in [3.05, 3.63) is 35.9 Å². The summed E-state index contributed by atoms with van der Waals surface area (Å²) in [7, 11) is -1.56. The smallest absolute Gasteiger partial charge is 0.214 e. The topological polar surface area (TPSA) is 63.4 Å². The van der Waals surface area contributed by atoms with Gasteiger partial charge in [0.25, 0.3) is 0 Å². The Hall–Kier alpha value is -0.910. The molecule has 0 saturated heterocycles. The first-order valence-corrected chi connectivity index (χ1v) is 8.35. The Bertz CT molecular complexity index is 497. The molecule has 0 bridgehead atoms. The SMILES string of the molecule is CN(C(CN)C1CC1)S(=O)(=O)CCc1ccccc1. The van der Waals surface area contributed by atoms with Crippen LogP contribution in [-0.4, -0.2) is 38.1 Å². The molecule has 0 amide bonds. The first-order valence-electron chi connectivity index (χ1n) is 6.74. The van der Waals surface area contributed by atoms with Gasteiger partial charge in [-0.3, -0.25) is 0 Å². The standard InChI is InChI=1S/C14H22N2O2S/c1-16(14(11-15)13-7-8-13)19(17,18)10-9-12-5-3-2-4-6-12/h2-6,13-14H,7-11,15H2,1H3. The van der Waals surface area contributed by atoms with Crippen LogP contribution >= 0.6 is 0 Å². The molecule has 1 saturated carbocycles. The number of likely N-dealkylation sites (N-methyl/N-ethyl adjacent to an activating group) is 1. The lowest BCUT2D eigenvalue weighted by Gasteiger charge is -2.26. The molecule has 19 heavy (non-hydrogen) atoms. The summed E-state index contributed by atoms with van der Waals surface area (Å²) in [5, 5.41) is 0. The predicted octanol–water partition coefficient (Wildman–Crippen LogP) is 1.23. The van der Waals surface area contributed by atoms with E-state index in [2.05, 4.69) is 0 Å². The summed E-state index contributed by atoms with van der Waals surface area (Å²) in [6, 6.07) is 9.67. The Kier molecular flexibility index (Phi) is 4.60. The molecule has 1 aromatic carbocycles. The zero-order valence-corrected chi connectivity index (χ0v) is 12.1. The third-order valence-electron chi connectivity index (χ3n) is 3.80. The van der Waals surface area contributed by atoms with Gasteiger partial charge in [0.2, 0.25) is 10.0 Å². The average molecular weight is 282 g/mol. The van der Waals surface area contributed by atoms with Crippen molar-refractivity contribution in [2.75, 3.05) is 19.3 Å². The van der Waals surface area contributed by atoms with Gasteiger partial charge in [0.05, 0.1) is 5.75 Å². The number of benzene rings is 1. The van der Waals surface area contributed by atoms with Gasteiger partial charge in [-0.25, -0.2) is 12.7 Å². The van der Waals surface area contributed by atoms with Crippen LogP contribution in [0, 0.1) is 5.92 Å². The number of hydrogen-bond donors (Lipinski definition) is 1. The minimum Gasteiger partial charge on any atom is -0.329 e. The number of nitrogens with zero attached hydrogens (tertiary/aromatic N) is 1. The highest BCUT2D eigenvalue weighted by atomic mass is 32.2. The van der Waals surface area contributed by atoms with Gasteiger partial charge in [-0.2, -0.15) is 0 Å². The van der Waals surface area contributed by atoms with E-state index in [1.54, 1.807) is 7.05 Å². The molecule has 0 aromatic heterocycles. The van der Waals surface area contributed by atoms with Gasteiger partial charge in [0.1, 0.15) is 0 Å². The second-order valence-corrected chi connectivity index (χ2v) is 7.36. The van der Waals surface area contributed by atoms with E-state index in [1.165, 1.54) is 4.31 Å². The van der Waals surface area contributed by atoms with Crippen LogP contribution in [0.15, 0.2) is 30.3 Å². The van der Waals surface area contributed by atoms with E-state index in [1.807, 2.05) is 30.3 Å². The van der Waals surface area contributed by atoms with Crippen LogP contribution in [0.5, 0.6) is 0 Å². The molecule has 4 nitrogen and oxygen atoms in total. The molecule has 2 rings (SSSR count). The quantitative estimate of drug-likeness (QED) is 0.818. The fourth-order valence-electron chi connectivity index (χ4n) is 2.36. The molecule has 1 unspecified atom stereocenters. The Labute approximate surface area is 115 Å². The summed E-state index contributed by atoms with van der Waals surface area (Å²) in [4.78, 5) is 0. The van der Waals surface area contributed by atoms with Gasteiger partial charge in [-0.05, 0) is 30.7 Å². The molecule has 0 aliphatic heterocycles. The molecule has 0 heterocycles. The summed E-state index contributed by atoms with van der Waals surface area (Å²) in [6.07, 6.45) is 2.75. The second-order valence-electron chi connectivity index (χ2n) is 5.21. The number of hydrogen-bond acceptors (Lipinski definition) is 3. The molecule has 106 valence electrons. The molecule has 1 aromatic rings. The Morgan fingerprint density at radius 3 is 2.47 bits per heavy atom. The van der Waals surface area contributed by atoms with Crippen LogP contribution in [0.25, 0.3) is 0 Å². The van der Waals surface area contributed by atoms with Crippen LogP contribution in [0.1, 0.15) is 18.4 Å². The number of sulfonamides is 1. The normalized spacial score (nSPS) is 17.6. The summed E-state index contributed by atoms with van der Waals surface area (Å²) >= 11 is 0. The molecule has 2 N–H and O–H groups in total. The molecule has 0 radical (unpaired) electrons. The fourth-order valence-corrected chi connectivity index (χ4v) is 3.81. The van der Waals surface area contributed by atoms with Crippen molar-refractivity contribution in [1.82, 2.24) is 4.31 Å². The van der Waals surface area contributed by atoms with Crippen molar-refractivity contribution >= 4 is 10.0 Å².